The molecule has 1 saturated carbocycles. The van der Waals surface area contributed by atoms with Gasteiger partial charge in [0, 0.05) is 18.7 Å². The van der Waals surface area contributed by atoms with Crippen LogP contribution in [-0.2, 0) is 4.79 Å². The summed E-state index contributed by atoms with van der Waals surface area (Å²) in [7, 11) is 1.52. The molecule has 17 heavy (non-hydrogen) atoms. The second-order valence-corrected chi connectivity index (χ2v) is 4.31. The van der Waals surface area contributed by atoms with Crippen LogP contribution in [0, 0.1) is 5.92 Å². The van der Waals surface area contributed by atoms with E-state index in [1.807, 2.05) is 0 Å². The van der Waals surface area contributed by atoms with Crippen molar-refractivity contribution in [1.82, 2.24) is 4.98 Å². The number of amides is 1. The van der Waals surface area contributed by atoms with E-state index in [1.54, 1.807) is 18.3 Å². The van der Waals surface area contributed by atoms with Gasteiger partial charge >= 0.3 is 0 Å². The van der Waals surface area contributed by atoms with Crippen LogP contribution in [0.1, 0.15) is 19.3 Å². The Morgan fingerprint density at radius 1 is 1.71 bits per heavy atom. The highest BCUT2D eigenvalue weighted by Gasteiger charge is 2.29. The molecule has 1 unspecified atom stereocenters. The van der Waals surface area contributed by atoms with Crippen LogP contribution in [-0.4, -0.2) is 24.0 Å². The summed E-state index contributed by atoms with van der Waals surface area (Å²) in [6.07, 6.45) is 4.25. The summed E-state index contributed by atoms with van der Waals surface area (Å²) in [5.41, 5.74) is 6.48. The summed E-state index contributed by atoms with van der Waals surface area (Å²) >= 11 is 0. The molecule has 2 rings (SSSR count). The van der Waals surface area contributed by atoms with Gasteiger partial charge in [-0.1, -0.05) is 0 Å². The molecule has 1 amide bonds. The molecule has 1 aromatic rings. The Balaban J connectivity index is 1.92. The van der Waals surface area contributed by atoms with E-state index in [0.29, 0.717) is 23.9 Å². The Labute approximate surface area is 100 Å². The number of nitrogens with one attached hydrogen (secondary N) is 1. The number of hydrogen-bond donors (Lipinski definition) is 2. The molecule has 3 N–H and O–H groups in total. The fourth-order valence-corrected chi connectivity index (χ4v) is 1.75. The predicted octanol–water partition coefficient (Wildman–Crippen LogP) is 1.16. The lowest BCUT2D eigenvalue weighted by molar-refractivity contribution is -0.116. The number of nitrogens with zero attached hydrogens (tertiary/aromatic N) is 1. The highest BCUT2D eigenvalue weighted by molar-refractivity contribution is 5.92. The minimum absolute atomic E-state index is 0.0299. The molecule has 1 heterocycles. The van der Waals surface area contributed by atoms with Crippen LogP contribution in [0.4, 0.5) is 5.69 Å². The van der Waals surface area contributed by atoms with Gasteiger partial charge in [0.15, 0.2) is 0 Å². The largest absolute Gasteiger partial charge is 0.480 e. The first-order valence-corrected chi connectivity index (χ1v) is 5.75. The minimum Gasteiger partial charge on any atom is -0.480 e. The number of methoxy groups -OCH3 is 1. The van der Waals surface area contributed by atoms with Gasteiger partial charge in [0.1, 0.15) is 5.69 Å². The maximum Gasteiger partial charge on any atom is 0.237 e. The summed E-state index contributed by atoms with van der Waals surface area (Å²) in [6.45, 7) is 0. The lowest BCUT2D eigenvalue weighted by Crippen LogP contribution is -2.29. The number of carbonyl (C=O) groups is 1. The van der Waals surface area contributed by atoms with Gasteiger partial charge < -0.3 is 15.8 Å². The first kappa shape index (κ1) is 11.9. The maximum absolute atomic E-state index is 11.7. The number of anilines is 1. The van der Waals surface area contributed by atoms with E-state index in [9.17, 15) is 4.79 Å². The van der Waals surface area contributed by atoms with E-state index < -0.39 is 0 Å². The molecule has 92 valence electrons. The van der Waals surface area contributed by atoms with E-state index in [-0.39, 0.29) is 11.9 Å². The van der Waals surface area contributed by atoms with E-state index in [1.165, 1.54) is 7.11 Å². The Morgan fingerprint density at radius 3 is 3.12 bits per heavy atom. The molecule has 0 spiro atoms. The summed E-state index contributed by atoms with van der Waals surface area (Å²) < 4.78 is 5.05. The maximum atomic E-state index is 11.7. The zero-order valence-corrected chi connectivity index (χ0v) is 9.85. The number of hydrogen-bond acceptors (Lipinski definition) is 4. The van der Waals surface area contributed by atoms with Crippen LogP contribution in [0.2, 0.25) is 0 Å². The molecule has 1 aliphatic carbocycles. The molecule has 0 radical (unpaired) electrons. The molecular formula is C12H17N3O2. The zero-order chi connectivity index (χ0) is 12.3. The first-order chi connectivity index (χ1) is 8.20. The second-order valence-electron chi connectivity index (χ2n) is 4.31. The van der Waals surface area contributed by atoms with Crippen LogP contribution in [0.5, 0.6) is 5.88 Å². The Hall–Kier alpha value is -1.62. The van der Waals surface area contributed by atoms with Crippen molar-refractivity contribution in [2.45, 2.75) is 25.3 Å². The lowest BCUT2D eigenvalue weighted by atomic mass is 10.1. The highest BCUT2D eigenvalue weighted by Crippen LogP contribution is 2.33. The van der Waals surface area contributed by atoms with Crippen LogP contribution < -0.4 is 15.8 Å². The number of pyridine rings is 1. The standard InChI is InChI=1S/C12H17N3O2/c1-17-12-10(3-2-6-14-12)15-11(16)7-9(13)8-4-5-8/h2-3,6,8-9H,4-5,7,13H2,1H3,(H,15,16). The Bertz CT molecular complexity index is 404. The van der Waals surface area contributed by atoms with Crippen molar-refractivity contribution in [3.8, 4) is 5.88 Å². The van der Waals surface area contributed by atoms with Crippen LogP contribution in [0.3, 0.4) is 0 Å². The average Bonchev–Trinajstić information content (AvgIpc) is 3.13. The van der Waals surface area contributed by atoms with Gasteiger partial charge in [-0.15, -0.1) is 0 Å². The molecule has 0 aromatic carbocycles. The molecule has 0 saturated heterocycles. The van der Waals surface area contributed by atoms with Crippen molar-refractivity contribution < 1.29 is 9.53 Å². The predicted molar refractivity (Wildman–Crippen MR) is 64.7 cm³/mol. The normalized spacial score (nSPS) is 16.4. The molecule has 0 aliphatic heterocycles. The molecule has 1 atom stereocenters. The SMILES string of the molecule is COc1ncccc1NC(=O)CC(N)C1CC1. The van der Waals surface area contributed by atoms with Crippen molar-refractivity contribution in [3.05, 3.63) is 18.3 Å². The topological polar surface area (TPSA) is 77.2 Å². The van der Waals surface area contributed by atoms with Gasteiger partial charge in [-0.25, -0.2) is 4.98 Å². The number of aromatic nitrogens is 1. The van der Waals surface area contributed by atoms with Crippen molar-refractivity contribution in [2.24, 2.45) is 11.7 Å². The van der Waals surface area contributed by atoms with Crippen molar-refractivity contribution in [2.75, 3.05) is 12.4 Å². The molecule has 1 fully saturated rings. The number of nitrogens with two attached hydrogens (primary N) is 1. The Morgan fingerprint density at radius 2 is 2.47 bits per heavy atom. The van der Waals surface area contributed by atoms with Gasteiger partial charge in [-0.05, 0) is 30.9 Å². The fraction of sp³-hybridized carbons (Fsp3) is 0.500. The number of ether oxygens (including phenoxy) is 1. The quantitative estimate of drug-likeness (QED) is 0.802. The number of rotatable bonds is 5. The van der Waals surface area contributed by atoms with E-state index in [0.717, 1.165) is 12.8 Å². The third-order valence-corrected chi connectivity index (χ3v) is 2.89. The van der Waals surface area contributed by atoms with Crippen LogP contribution >= 0.6 is 0 Å². The summed E-state index contributed by atoms with van der Waals surface area (Å²) in [4.78, 5) is 15.8. The van der Waals surface area contributed by atoms with E-state index in [2.05, 4.69) is 10.3 Å². The fourth-order valence-electron chi connectivity index (χ4n) is 1.75. The molecular weight excluding hydrogens is 218 g/mol. The monoisotopic (exact) mass is 235 g/mol. The second kappa shape index (κ2) is 5.14. The van der Waals surface area contributed by atoms with Gasteiger partial charge in [-0.3, -0.25) is 4.79 Å². The van der Waals surface area contributed by atoms with Gasteiger partial charge in [0.05, 0.1) is 7.11 Å². The summed E-state index contributed by atoms with van der Waals surface area (Å²) in [6, 6.07) is 3.48. The Kier molecular flexibility index (Phi) is 3.58. The summed E-state index contributed by atoms with van der Waals surface area (Å²) in [5.74, 6) is 0.855. The van der Waals surface area contributed by atoms with Crippen molar-refractivity contribution in [1.29, 1.82) is 0 Å². The zero-order valence-electron chi connectivity index (χ0n) is 9.85. The third-order valence-electron chi connectivity index (χ3n) is 2.89. The molecule has 0 bridgehead atoms. The van der Waals surface area contributed by atoms with Gasteiger partial charge in [0.25, 0.3) is 0 Å². The van der Waals surface area contributed by atoms with Crippen LogP contribution in [0.15, 0.2) is 18.3 Å². The molecule has 1 aliphatic rings. The first-order valence-electron chi connectivity index (χ1n) is 5.75. The lowest BCUT2D eigenvalue weighted by Gasteiger charge is -2.11. The molecule has 5 nitrogen and oxygen atoms in total. The molecule has 1 aromatic heterocycles. The van der Waals surface area contributed by atoms with Gasteiger partial charge in [0.2, 0.25) is 11.8 Å². The summed E-state index contributed by atoms with van der Waals surface area (Å²) in [5, 5.41) is 2.77. The van der Waals surface area contributed by atoms with Crippen molar-refractivity contribution in [3.63, 3.8) is 0 Å². The van der Waals surface area contributed by atoms with Crippen molar-refractivity contribution >= 4 is 11.6 Å². The van der Waals surface area contributed by atoms with Gasteiger partial charge in [-0.2, -0.15) is 0 Å². The highest BCUT2D eigenvalue weighted by atomic mass is 16.5. The van der Waals surface area contributed by atoms with E-state index in [4.69, 9.17) is 10.5 Å². The molecule has 5 heteroatoms. The minimum atomic E-state index is -0.0873. The van der Waals surface area contributed by atoms with Crippen LogP contribution in [0.25, 0.3) is 0 Å². The average molecular weight is 235 g/mol. The third kappa shape index (κ3) is 3.17. The number of carbonyl (C=O) groups excluding carboxylic acids is 1. The van der Waals surface area contributed by atoms with E-state index >= 15 is 0 Å². The smallest absolute Gasteiger partial charge is 0.237 e.